The molecular weight excluding hydrogens is 191 g/mol. The summed E-state index contributed by atoms with van der Waals surface area (Å²) in [4.78, 5) is 1.58. The quantitative estimate of drug-likeness (QED) is 0.592. The van der Waals surface area contributed by atoms with Crippen molar-refractivity contribution in [3.05, 3.63) is 0 Å². The van der Waals surface area contributed by atoms with Gasteiger partial charge in [0.25, 0.3) is 0 Å². The van der Waals surface area contributed by atoms with Crippen molar-refractivity contribution in [1.82, 2.24) is 4.90 Å². The van der Waals surface area contributed by atoms with Crippen LogP contribution in [0, 0.1) is 0 Å². The van der Waals surface area contributed by atoms with Crippen LogP contribution < -0.4 is 0 Å². The summed E-state index contributed by atoms with van der Waals surface area (Å²) >= 11 is 0. The second-order valence-corrected chi connectivity index (χ2v) is 4.92. The van der Waals surface area contributed by atoms with Gasteiger partial charge in [0.2, 0.25) is 0 Å². The van der Waals surface area contributed by atoms with Crippen molar-refractivity contribution in [2.24, 2.45) is 0 Å². The third-order valence-corrected chi connectivity index (χ3v) is 2.74. The minimum absolute atomic E-state index is 0.251. The van der Waals surface area contributed by atoms with Crippen molar-refractivity contribution in [3.8, 4) is 0 Å². The van der Waals surface area contributed by atoms with Crippen LogP contribution in [0.25, 0.3) is 0 Å². The van der Waals surface area contributed by atoms with Crippen LogP contribution >= 0.6 is 0 Å². The molecule has 0 aromatic rings. The zero-order chi connectivity index (χ0) is 11.0. The van der Waals surface area contributed by atoms with Gasteiger partial charge in [0, 0.05) is 5.54 Å². The van der Waals surface area contributed by atoms with Crippen LogP contribution in [0.4, 0.5) is 13.2 Å². The van der Waals surface area contributed by atoms with Gasteiger partial charge in [-0.15, -0.1) is 0 Å². The summed E-state index contributed by atoms with van der Waals surface area (Å²) in [6, 6.07) is -1.24. The van der Waals surface area contributed by atoms with Gasteiger partial charge < -0.3 is 0 Å². The largest absolute Gasteiger partial charge is 0.404 e. The van der Waals surface area contributed by atoms with E-state index < -0.39 is 12.2 Å². The molecule has 0 aromatic heterocycles. The van der Waals surface area contributed by atoms with Gasteiger partial charge in [-0.2, -0.15) is 13.2 Å². The SMILES string of the molecule is CC(C)(C)N1CCCC[C@@H]1C(F)(F)F. The fourth-order valence-corrected chi connectivity index (χ4v) is 2.07. The number of piperidine rings is 1. The van der Waals surface area contributed by atoms with Crippen molar-refractivity contribution in [1.29, 1.82) is 0 Å². The lowest BCUT2D eigenvalue weighted by atomic mass is 9.94. The number of hydrogen-bond acceptors (Lipinski definition) is 1. The highest BCUT2D eigenvalue weighted by Gasteiger charge is 2.47. The van der Waals surface area contributed by atoms with E-state index in [-0.39, 0.29) is 12.0 Å². The second kappa shape index (κ2) is 3.72. The number of hydrogen-bond donors (Lipinski definition) is 0. The monoisotopic (exact) mass is 209 g/mol. The van der Waals surface area contributed by atoms with Gasteiger partial charge in [0.15, 0.2) is 0 Å². The molecule has 4 heteroatoms. The summed E-state index contributed by atoms with van der Waals surface area (Å²) in [6.07, 6.45) is -2.25. The van der Waals surface area contributed by atoms with Gasteiger partial charge in [0.05, 0.1) is 0 Å². The molecule has 0 saturated carbocycles. The first-order valence-electron chi connectivity index (χ1n) is 5.06. The third kappa shape index (κ3) is 2.62. The number of rotatable bonds is 0. The fourth-order valence-electron chi connectivity index (χ4n) is 2.07. The Hall–Kier alpha value is -0.250. The minimum atomic E-state index is -4.08. The molecule has 1 fully saturated rings. The Morgan fingerprint density at radius 1 is 1.07 bits per heavy atom. The summed E-state index contributed by atoms with van der Waals surface area (Å²) in [5, 5.41) is 0. The number of nitrogens with zero attached hydrogens (tertiary/aromatic N) is 1. The molecule has 0 aromatic carbocycles. The molecule has 0 bridgehead atoms. The van der Waals surface area contributed by atoms with Gasteiger partial charge in [-0.05, 0) is 40.2 Å². The Kier molecular flexibility index (Phi) is 3.14. The van der Waals surface area contributed by atoms with Crippen molar-refractivity contribution in [3.63, 3.8) is 0 Å². The minimum Gasteiger partial charge on any atom is -0.287 e. The van der Waals surface area contributed by atoms with E-state index in [1.165, 1.54) is 0 Å². The molecule has 14 heavy (non-hydrogen) atoms. The normalized spacial score (nSPS) is 26.6. The molecular formula is C10H18F3N. The molecule has 1 atom stereocenters. The summed E-state index contributed by atoms with van der Waals surface area (Å²) < 4.78 is 38.0. The maximum atomic E-state index is 12.7. The second-order valence-electron chi connectivity index (χ2n) is 4.92. The maximum absolute atomic E-state index is 12.7. The third-order valence-electron chi connectivity index (χ3n) is 2.74. The Labute approximate surface area is 83.3 Å². The van der Waals surface area contributed by atoms with Gasteiger partial charge in [-0.3, -0.25) is 4.90 Å². The van der Waals surface area contributed by atoms with Crippen LogP contribution in [0.1, 0.15) is 40.0 Å². The van der Waals surface area contributed by atoms with Crippen LogP contribution in [0.3, 0.4) is 0 Å². The van der Waals surface area contributed by atoms with Crippen LogP contribution in [0.5, 0.6) is 0 Å². The number of halogens is 3. The van der Waals surface area contributed by atoms with E-state index in [0.717, 1.165) is 6.42 Å². The summed E-state index contributed by atoms with van der Waals surface area (Å²) in [5.41, 5.74) is -0.388. The molecule has 84 valence electrons. The zero-order valence-electron chi connectivity index (χ0n) is 8.99. The van der Waals surface area contributed by atoms with Crippen molar-refractivity contribution in [2.75, 3.05) is 6.54 Å². The molecule has 1 rings (SSSR count). The van der Waals surface area contributed by atoms with Crippen LogP contribution in [0.15, 0.2) is 0 Å². The van der Waals surface area contributed by atoms with Crippen LogP contribution in [-0.4, -0.2) is 29.2 Å². The molecule has 1 nitrogen and oxygen atoms in total. The summed E-state index contributed by atoms with van der Waals surface area (Å²) in [7, 11) is 0. The van der Waals surface area contributed by atoms with E-state index in [4.69, 9.17) is 0 Å². The Morgan fingerprint density at radius 3 is 2.00 bits per heavy atom. The molecule has 1 aliphatic rings. The molecule has 1 heterocycles. The number of likely N-dealkylation sites (tertiary alicyclic amines) is 1. The first kappa shape index (κ1) is 11.8. The zero-order valence-corrected chi connectivity index (χ0v) is 8.99. The van der Waals surface area contributed by atoms with Gasteiger partial charge in [-0.1, -0.05) is 6.42 Å². The Morgan fingerprint density at radius 2 is 1.64 bits per heavy atom. The van der Waals surface area contributed by atoms with Crippen molar-refractivity contribution in [2.45, 2.75) is 57.8 Å². The standard InChI is InChI=1S/C10H18F3N/c1-9(2,3)14-7-5-4-6-8(14)10(11,12)13/h8H,4-7H2,1-3H3/t8-/m1/s1. The van der Waals surface area contributed by atoms with E-state index in [1.54, 1.807) is 4.90 Å². The highest BCUT2D eigenvalue weighted by molar-refractivity contribution is 4.89. The topological polar surface area (TPSA) is 3.24 Å². The molecule has 0 unspecified atom stereocenters. The highest BCUT2D eigenvalue weighted by atomic mass is 19.4. The maximum Gasteiger partial charge on any atom is 0.404 e. The summed E-state index contributed by atoms with van der Waals surface area (Å²) in [6.45, 7) is 6.10. The predicted octanol–water partition coefficient (Wildman–Crippen LogP) is 3.20. The average Bonchev–Trinajstić information content (AvgIpc) is 2.01. The van der Waals surface area contributed by atoms with E-state index in [1.807, 2.05) is 20.8 Å². The van der Waals surface area contributed by atoms with Gasteiger partial charge >= 0.3 is 6.18 Å². The first-order valence-corrected chi connectivity index (χ1v) is 5.06. The lowest BCUT2D eigenvalue weighted by Crippen LogP contribution is -2.56. The molecule has 1 saturated heterocycles. The molecule has 1 aliphatic heterocycles. The van der Waals surface area contributed by atoms with Crippen molar-refractivity contribution < 1.29 is 13.2 Å². The van der Waals surface area contributed by atoms with E-state index >= 15 is 0 Å². The lowest BCUT2D eigenvalue weighted by Gasteiger charge is -2.45. The first-order chi connectivity index (χ1) is 6.23. The van der Waals surface area contributed by atoms with E-state index in [9.17, 15) is 13.2 Å². The Balaban J connectivity index is 2.80. The molecule has 0 N–H and O–H groups in total. The average molecular weight is 209 g/mol. The summed E-state index contributed by atoms with van der Waals surface area (Å²) in [5.74, 6) is 0. The van der Waals surface area contributed by atoms with Gasteiger partial charge in [0.1, 0.15) is 6.04 Å². The molecule has 0 amide bonds. The smallest absolute Gasteiger partial charge is 0.287 e. The van der Waals surface area contributed by atoms with Crippen molar-refractivity contribution >= 4 is 0 Å². The van der Waals surface area contributed by atoms with E-state index in [0.29, 0.717) is 13.0 Å². The van der Waals surface area contributed by atoms with E-state index in [2.05, 4.69) is 0 Å². The van der Waals surface area contributed by atoms with Crippen LogP contribution in [-0.2, 0) is 0 Å². The predicted molar refractivity (Wildman–Crippen MR) is 50.2 cm³/mol. The van der Waals surface area contributed by atoms with Gasteiger partial charge in [-0.25, -0.2) is 0 Å². The highest BCUT2D eigenvalue weighted by Crippen LogP contribution is 2.35. The van der Waals surface area contributed by atoms with Crippen LogP contribution in [0.2, 0.25) is 0 Å². The molecule has 0 aliphatic carbocycles. The lowest BCUT2D eigenvalue weighted by molar-refractivity contribution is -0.203. The Bertz CT molecular complexity index is 171. The number of alkyl halides is 3. The molecule has 0 radical (unpaired) electrons. The molecule has 0 spiro atoms. The fraction of sp³-hybridized carbons (Fsp3) is 1.00.